The minimum atomic E-state index is -0.481. The van der Waals surface area contributed by atoms with Crippen LogP contribution in [0.5, 0.6) is 0 Å². The van der Waals surface area contributed by atoms with Crippen molar-refractivity contribution in [3.8, 4) is 0 Å². The van der Waals surface area contributed by atoms with Crippen LogP contribution in [0.25, 0.3) is 6.08 Å². The van der Waals surface area contributed by atoms with E-state index in [0.717, 1.165) is 5.56 Å². The minimum absolute atomic E-state index is 0.114. The molecule has 0 aromatic heterocycles. The van der Waals surface area contributed by atoms with Gasteiger partial charge in [0.15, 0.2) is 0 Å². The van der Waals surface area contributed by atoms with E-state index in [-0.39, 0.29) is 17.4 Å². The molecule has 112 valence electrons. The summed E-state index contributed by atoms with van der Waals surface area (Å²) in [6.07, 6.45) is 1.57. The highest BCUT2D eigenvalue weighted by atomic mass is 19.1. The summed E-state index contributed by atoms with van der Waals surface area (Å²) in [4.78, 5) is 23.5. The zero-order valence-corrected chi connectivity index (χ0v) is 12.0. The number of carbonyl (C=O) groups excluding carboxylic acids is 2. The Morgan fingerprint density at radius 3 is 2.23 bits per heavy atom. The molecule has 0 saturated carbocycles. The largest absolute Gasteiger partial charge is 0.322 e. The van der Waals surface area contributed by atoms with Gasteiger partial charge >= 0.3 is 0 Å². The Kier molecular flexibility index (Phi) is 5.03. The first-order valence-corrected chi connectivity index (χ1v) is 6.66. The number of anilines is 1. The summed E-state index contributed by atoms with van der Waals surface area (Å²) in [6, 6.07) is 14.5. The Balaban J connectivity index is 2.21. The van der Waals surface area contributed by atoms with Gasteiger partial charge in [0, 0.05) is 12.6 Å². The molecule has 0 fully saturated rings. The number of carbonyl (C=O) groups is 2. The van der Waals surface area contributed by atoms with Crippen LogP contribution in [-0.2, 0) is 9.59 Å². The fourth-order valence-electron chi connectivity index (χ4n) is 1.80. The average Bonchev–Trinajstić information content (AvgIpc) is 2.49. The van der Waals surface area contributed by atoms with Gasteiger partial charge in [0.1, 0.15) is 11.5 Å². The van der Waals surface area contributed by atoms with Gasteiger partial charge in [-0.1, -0.05) is 30.3 Å². The highest BCUT2D eigenvalue weighted by Crippen LogP contribution is 2.11. The first-order valence-electron chi connectivity index (χ1n) is 6.66. The highest BCUT2D eigenvalue weighted by Gasteiger charge is 2.11. The van der Waals surface area contributed by atoms with Gasteiger partial charge < -0.3 is 10.6 Å². The Morgan fingerprint density at radius 2 is 1.64 bits per heavy atom. The van der Waals surface area contributed by atoms with Crippen molar-refractivity contribution in [1.29, 1.82) is 0 Å². The fraction of sp³-hybridized carbons (Fsp3) is 0.0588. The van der Waals surface area contributed by atoms with Crippen molar-refractivity contribution in [3.05, 3.63) is 71.7 Å². The third-order valence-electron chi connectivity index (χ3n) is 2.77. The zero-order valence-electron chi connectivity index (χ0n) is 12.0. The Morgan fingerprint density at radius 1 is 1.00 bits per heavy atom. The van der Waals surface area contributed by atoms with Gasteiger partial charge in [-0.15, -0.1) is 0 Å². The number of amides is 2. The van der Waals surface area contributed by atoms with Crippen LogP contribution < -0.4 is 10.6 Å². The topological polar surface area (TPSA) is 58.2 Å². The van der Waals surface area contributed by atoms with Crippen molar-refractivity contribution in [2.75, 3.05) is 5.32 Å². The van der Waals surface area contributed by atoms with Gasteiger partial charge in [0.2, 0.25) is 5.91 Å². The van der Waals surface area contributed by atoms with Gasteiger partial charge in [-0.3, -0.25) is 9.59 Å². The second-order valence-corrected chi connectivity index (χ2v) is 4.61. The lowest BCUT2D eigenvalue weighted by atomic mass is 10.2. The van der Waals surface area contributed by atoms with Crippen LogP contribution in [0.2, 0.25) is 0 Å². The van der Waals surface area contributed by atoms with Crippen molar-refractivity contribution < 1.29 is 14.0 Å². The number of halogens is 1. The fourth-order valence-corrected chi connectivity index (χ4v) is 1.80. The first kappa shape index (κ1) is 15.4. The van der Waals surface area contributed by atoms with Crippen LogP contribution in [0.15, 0.2) is 60.3 Å². The second-order valence-electron chi connectivity index (χ2n) is 4.61. The molecule has 22 heavy (non-hydrogen) atoms. The smallest absolute Gasteiger partial charge is 0.272 e. The summed E-state index contributed by atoms with van der Waals surface area (Å²) in [5, 5.41) is 5.10. The lowest BCUT2D eigenvalue weighted by Gasteiger charge is -2.09. The molecule has 0 spiro atoms. The molecule has 4 nitrogen and oxygen atoms in total. The van der Waals surface area contributed by atoms with E-state index in [1.165, 1.54) is 31.2 Å². The third-order valence-corrected chi connectivity index (χ3v) is 2.77. The van der Waals surface area contributed by atoms with Crippen molar-refractivity contribution in [1.82, 2.24) is 5.32 Å². The van der Waals surface area contributed by atoms with E-state index in [1.54, 1.807) is 6.08 Å². The summed E-state index contributed by atoms with van der Waals surface area (Å²) in [7, 11) is 0. The number of hydrogen-bond acceptors (Lipinski definition) is 2. The van der Waals surface area contributed by atoms with Crippen molar-refractivity contribution >= 4 is 23.6 Å². The molecule has 0 unspecified atom stereocenters. The maximum Gasteiger partial charge on any atom is 0.272 e. The SMILES string of the molecule is CC(=O)N/C(=C\c1ccccc1)C(=O)Nc1ccc(F)cc1. The van der Waals surface area contributed by atoms with Gasteiger partial charge in [-0.25, -0.2) is 4.39 Å². The van der Waals surface area contributed by atoms with E-state index in [0.29, 0.717) is 5.69 Å². The Labute approximate surface area is 127 Å². The molecule has 0 aliphatic carbocycles. The van der Waals surface area contributed by atoms with Crippen molar-refractivity contribution in [3.63, 3.8) is 0 Å². The molecule has 2 rings (SSSR count). The van der Waals surface area contributed by atoms with Crippen molar-refractivity contribution in [2.45, 2.75) is 6.92 Å². The van der Waals surface area contributed by atoms with Crippen LogP contribution in [-0.4, -0.2) is 11.8 Å². The van der Waals surface area contributed by atoms with Gasteiger partial charge in [0.05, 0.1) is 0 Å². The second kappa shape index (κ2) is 7.17. The lowest BCUT2D eigenvalue weighted by molar-refractivity contribution is -0.120. The molecule has 0 saturated heterocycles. The maximum absolute atomic E-state index is 12.9. The maximum atomic E-state index is 12.9. The van der Waals surface area contributed by atoms with Crippen LogP contribution >= 0.6 is 0 Å². The number of hydrogen-bond donors (Lipinski definition) is 2. The molecule has 0 bridgehead atoms. The van der Waals surface area contributed by atoms with E-state index < -0.39 is 5.91 Å². The normalized spacial score (nSPS) is 10.9. The standard InChI is InChI=1S/C17H15FN2O2/c1-12(21)19-16(11-13-5-3-2-4-6-13)17(22)20-15-9-7-14(18)8-10-15/h2-11H,1H3,(H,19,21)(H,20,22)/b16-11-. The highest BCUT2D eigenvalue weighted by molar-refractivity contribution is 6.08. The number of benzene rings is 2. The monoisotopic (exact) mass is 298 g/mol. The zero-order chi connectivity index (χ0) is 15.9. The Hall–Kier alpha value is -2.95. The molecular weight excluding hydrogens is 283 g/mol. The summed E-state index contributed by atoms with van der Waals surface area (Å²) >= 11 is 0. The quantitative estimate of drug-likeness (QED) is 0.853. The van der Waals surface area contributed by atoms with E-state index in [9.17, 15) is 14.0 Å². The molecule has 0 aliphatic heterocycles. The minimum Gasteiger partial charge on any atom is -0.322 e. The van der Waals surface area contributed by atoms with E-state index in [2.05, 4.69) is 10.6 Å². The molecule has 2 aromatic rings. The lowest BCUT2D eigenvalue weighted by Crippen LogP contribution is -2.28. The van der Waals surface area contributed by atoms with Crippen LogP contribution in [0, 0.1) is 5.82 Å². The molecule has 0 atom stereocenters. The number of nitrogens with one attached hydrogen (secondary N) is 2. The first-order chi connectivity index (χ1) is 10.5. The summed E-state index contributed by atoms with van der Waals surface area (Å²) in [6.45, 7) is 1.32. The molecule has 0 aliphatic rings. The molecule has 5 heteroatoms. The molecule has 2 N–H and O–H groups in total. The molecule has 2 aromatic carbocycles. The Bertz CT molecular complexity index is 694. The third kappa shape index (κ3) is 4.56. The number of rotatable bonds is 4. The summed E-state index contributed by atoms with van der Waals surface area (Å²) < 4.78 is 12.9. The van der Waals surface area contributed by atoms with E-state index in [4.69, 9.17) is 0 Å². The van der Waals surface area contributed by atoms with Crippen LogP contribution in [0.4, 0.5) is 10.1 Å². The predicted octanol–water partition coefficient (Wildman–Crippen LogP) is 2.94. The molecule has 2 amide bonds. The molecular formula is C17H15FN2O2. The van der Waals surface area contributed by atoms with Gasteiger partial charge in [-0.05, 0) is 35.9 Å². The van der Waals surface area contributed by atoms with E-state index >= 15 is 0 Å². The summed E-state index contributed by atoms with van der Waals surface area (Å²) in [5.74, 6) is -1.22. The van der Waals surface area contributed by atoms with E-state index in [1.807, 2.05) is 30.3 Å². The molecule has 0 heterocycles. The van der Waals surface area contributed by atoms with Gasteiger partial charge in [0.25, 0.3) is 5.91 Å². The predicted molar refractivity (Wildman–Crippen MR) is 83.3 cm³/mol. The average molecular weight is 298 g/mol. The van der Waals surface area contributed by atoms with Crippen LogP contribution in [0.1, 0.15) is 12.5 Å². The van der Waals surface area contributed by atoms with Gasteiger partial charge in [-0.2, -0.15) is 0 Å². The van der Waals surface area contributed by atoms with Crippen molar-refractivity contribution in [2.24, 2.45) is 0 Å². The van der Waals surface area contributed by atoms with Crippen LogP contribution in [0.3, 0.4) is 0 Å². The molecule has 0 radical (unpaired) electrons. The summed E-state index contributed by atoms with van der Waals surface area (Å²) in [5.41, 5.74) is 1.33.